The maximum Gasteiger partial charge on any atom is 0.0818 e. The summed E-state index contributed by atoms with van der Waals surface area (Å²) < 4.78 is 0. The lowest BCUT2D eigenvalue weighted by atomic mass is 10.9. The second-order valence-electron chi connectivity index (χ2n) is 0.809. The van der Waals surface area contributed by atoms with E-state index in [-0.39, 0.29) is 0 Å². The van der Waals surface area contributed by atoms with E-state index >= 15 is 0 Å². The number of thioether (sulfide) groups is 1. The van der Waals surface area contributed by atoms with Crippen LogP contribution in [0.15, 0.2) is 0 Å². The van der Waals surface area contributed by atoms with E-state index in [1.165, 1.54) is 11.8 Å². The summed E-state index contributed by atoms with van der Waals surface area (Å²) in [6.45, 7) is 0. The Morgan fingerprint density at radius 1 is 1.14 bits per heavy atom. The molecule has 0 bridgehead atoms. The number of nitrogens with zero attached hydrogens (tertiary/aromatic N) is 2. The van der Waals surface area contributed by atoms with E-state index in [1.807, 2.05) is 12.1 Å². The summed E-state index contributed by atoms with van der Waals surface area (Å²) in [4.78, 5) is 0. The van der Waals surface area contributed by atoms with Gasteiger partial charge in [-0.1, -0.05) is 0 Å². The van der Waals surface area contributed by atoms with Gasteiger partial charge in [-0.25, -0.2) is 0 Å². The average molecular weight is 112 g/mol. The summed E-state index contributed by atoms with van der Waals surface area (Å²) in [6, 6.07) is 3.83. The molecule has 0 aliphatic rings. The highest BCUT2D eigenvalue weighted by Gasteiger charge is 1.78. The molecule has 0 radical (unpaired) electrons. The van der Waals surface area contributed by atoms with Crippen molar-refractivity contribution < 1.29 is 0 Å². The van der Waals surface area contributed by atoms with Gasteiger partial charge >= 0.3 is 0 Å². The van der Waals surface area contributed by atoms with Crippen molar-refractivity contribution in [3.63, 3.8) is 0 Å². The fraction of sp³-hybridized carbons (Fsp3) is 0.500. The van der Waals surface area contributed by atoms with Crippen molar-refractivity contribution in [3.05, 3.63) is 0 Å². The Labute approximate surface area is 46.7 Å². The molecule has 0 heterocycles. The van der Waals surface area contributed by atoms with E-state index in [0.717, 1.165) is 0 Å². The molecule has 3 heteroatoms. The van der Waals surface area contributed by atoms with Gasteiger partial charge in [0, 0.05) is 0 Å². The molecule has 0 aliphatic heterocycles. The highest BCUT2D eigenvalue weighted by atomic mass is 32.2. The largest absolute Gasteiger partial charge is 0.197 e. The molecule has 0 rings (SSSR count). The predicted octanol–water partition coefficient (Wildman–Crippen LogP) is 0.767. The SMILES string of the molecule is N#CCSCC#N. The van der Waals surface area contributed by atoms with Crippen LogP contribution < -0.4 is 0 Å². The molecule has 0 aromatic heterocycles. The fourth-order valence-corrected chi connectivity index (χ4v) is 0.427. The molecule has 0 amide bonds. The first-order valence-corrected chi connectivity index (χ1v) is 2.89. The summed E-state index contributed by atoms with van der Waals surface area (Å²) in [5, 5.41) is 15.8. The zero-order chi connectivity index (χ0) is 5.54. The zero-order valence-corrected chi connectivity index (χ0v) is 4.53. The summed E-state index contributed by atoms with van der Waals surface area (Å²) in [5.74, 6) is 0.848. The molecular weight excluding hydrogens is 108 g/mol. The first-order chi connectivity index (χ1) is 3.41. The van der Waals surface area contributed by atoms with Gasteiger partial charge < -0.3 is 0 Å². The van der Waals surface area contributed by atoms with E-state index < -0.39 is 0 Å². The van der Waals surface area contributed by atoms with Gasteiger partial charge in [-0.15, -0.1) is 11.8 Å². The van der Waals surface area contributed by atoms with E-state index in [1.54, 1.807) is 0 Å². The summed E-state index contributed by atoms with van der Waals surface area (Å²) in [6.07, 6.45) is 0. The molecule has 0 N–H and O–H groups in total. The van der Waals surface area contributed by atoms with Crippen LogP contribution in [0.25, 0.3) is 0 Å². The molecule has 7 heavy (non-hydrogen) atoms. The molecule has 0 saturated heterocycles. The van der Waals surface area contributed by atoms with E-state index in [4.69, 9.17) is 10.5 Å². The summed E-state index contributed by atoms with van der Waals surface area (Å²) in [5.41, 5.74) is 0. The second kappa shape index (κ2) is 5.33. The van der Waals surface area contributed by atoms with Gasteiger partial charge in [0.05, 0.1) is 23.6 Å². The van der Waals surface area contributed by atoms with Crippen LogP contribution in [0.4, 0.5) is 0 Å². The number of hydrogen-bond acceptors (Lipinski definition) is 3. The lowest BCUT2D eigenvalue weighted by molar-refractivity contribution is 1.48. The quantitative estimate of drug-likeness (QED) is 0.495. The number of nitriles is 2. The molecule has 0 saturated carbocycles. The molecule has 0 unspecified atom stereocenters. The Morgan fingerprint density at radius 3 is 1.86 bits per heavy atom. The minimum absolute atomic E-state index is 0.424. The molecule has 0 spiro atoms. The standard InChI is InChI=1S/C4H4N2S/c5-1-3-7-4-2-6/h3-4H2. The van der Waals surface area contributed by atoms with Crippen LogP contribution in [0.1, 0.15) is 0 Å². The number of rotatable bonds is 2. The third-order valence-corrected chi connectivity index (χ3v) is 1.000. The molecule has 0 aromatic rings. The van der Waals surface area contributed by atoms with Crippen molar-refractivity contribution in [2.24, 2.45) is 0 Å². The Hall–Kier alpha value is -0.670. The van der Waals surface area contributed by atoms with E-state index in [9.17, 15) is 0 Å². The van der Waals surface area contributed by atoms with Crippen LogP contribution in [0.3, 0.4) is 0 Å². The van der Waals surface area contributed by atoms with Crippen molar-refractivity contribution in [2.45, 2.75) is 0 Å². The second-order valence-corrected chi connectivity index (χ2v) is 1.79. The first-order valence-electron chi connectivity index (χ1n) is 1.73. The van der Waals surface area contributed by atoms with Gasteiger partial charge in [0.25, 0.3) is 0 Å². The highest BCUT2D eigenvalue weighted by molar-refractivity contribution is 7.99. The van der Waals surface area contributed by atoms with Gasteiger partial charge in [-0.2, -0.15) is 10.5 Å². The molecule has 0 aliphatic carbocycles. The van der Waals surface area contributed by atoms with Crippen LogP contribution >= 0.6 is 11.8 Å². The van der Waals surface area contributed by atoms with Crippen molar-refractivity contribution in [3.8, 4) is 12.1 Å². The minimum Gasteiger partial charge on any atom is -0.197 e. The highest BCUT2D eigenvalue weighted by Crippen LogP contribution is 1.93. The molecule has 2 nitrogen and oxygen atoms in total. The minimum atomic E-state index is 0.424. The van der Waals surface area contributed by atoms with Gasteiger partial charge in [-0.05, 0) is 0 Å². The van der Waals surface area contributed by atoms with Crippen LogP contribution in [0, 0.1) is 22.7 Å². The lowest BCUT2D eigenvalue weighted by Gasteiger charge is -1.76. The third kappa shape index (κ3) is 5.33. The topological polar surface area (TPSA) is 47.6 Å². The van der Waals surface area contributed by atoms with E-state index in [0.29, 0.717) is 11.5 Å². The smallest absolute Gasteiger partial charge is 0.0818 e. The molecular formula is C4H4N2S. The van der Waals surface area contributed by atoms with Crippen LogP contribution in [0.5, 0.6) is 0 Å². The van der Waals surface area contributed by atoms with Crippen LogP contribution in [-0.2, 0) is 0 Å². The lowest BCUT2D eigenvalue weighted by Crippen LogP contribution is -1.71. The van der Waals surface area contributed by atoms with Gasteiger partial charge in [0.15, 0.2) is 0 Å². The van der Waals surface area contributed by atoms with Gasteiger partial charge in [-0.3, -0.25) is 0 Å². The third-order valence-electron chi connectivity index (χ3n) is 0.333. The number of hydrogen-bond donors (Lipinski definition) is 0. The summed E-state index contributed by atoms with van der Waals surface area (Å²) in [7, 11) is 0. The van der Waals surface area contributed by atoms with E-state index in [2.05, 4.69) is 0 Å². The van der Waals surface area contributed by atoms with Crippen molar-refractivity contribution in [1.29, 1.82) is 10.5 Å². The molecule has 0 aromatic carbocycles. The molecule has 0 fully saturated rings. The fourth-order valence-electron chi connectivity index (χ4n) is 0.142. The van der Waals surface area contributed by atoms with Crippen LogP contribution in [-0.4, -0.2) is 11.5 Å². The Kier molecular flexibility index (Phi) is 4.82. The monoisotopic (exact) mass is 112 g/mol. The molecule has 36 valence electrons. The van der Waals surface area contributed by atoms with Crippen molar-refractivity contribution >= 4 is 11.8 Å². The maximum atomic E-state index is 7.91. The normalized spacial score (nSPS) is 6.57. The van der Waals surface area contributed by atoms with Crippen LogP contribution in [0.2, 0.25) is 0 Å². The maximum absolute atomic E-state index is 7.91. The molecule has 0 atom stereocenters. The predicted molar refractivity (Wildman–Crippen MR) is 28.6 cm³/mol. The Bertz CT molecular complexity index is 93.8. The zero-order valence-electron chi connectivity index (χ0n) is 3.72. The first kappa shape index (κ1) is 6.33. The Balaban J connectivity index is 2.77. The summed E-state index contributed by atoms with van der Waals surface area (Å²) >= 11 is 1.33. The van der Waals surface area contributed by atoms with Gasteiger partial charge in [0.1, 0.15) is 0 Å². The van der Waals surface area contributed by atoms with Crippen molar-refractivity contribution in [2.75, 3.05) is 11.5 Å². The Morgan fingerprint density at radius 2 is 1.57 bits per heavy atom. The van der Waals surface area contributed by atoms with Gasteiger partial charge in [0.2, 0.25) is 0 Å². The van der Waals surface area contributed by atoms with Crippen molar-refractivity contribution in [1.82, 2.24) is 0 Å². The average Bonchev–Trinajstić information content (AvgIpc) is 1.69.